The number of aromatic nitrogens is 2. The lowest BCUT2D eigenvalue weighted by Gasteiger charge is -2.25. The second-order valence-corrected chi connectivity index (χ2v) is 14.9. The number of aromatic amines is 1. The quantitative estimate of drug-likeness (QED) is 0.133. The third kappa shape index (κ3) is 8.67. The van der Waals surface area contributed by atoms with E-state index in [-0.39, 0.29) is 30.8 Å². The fourth-order valence-electron chi connectivity index (χ4n) is 4.65. The summed E-state index contributed by atoms with van der Waals surface area (Å²) in [5, 5.41) is 13.4. The lowest BCUT2D eigenvalue weighted by atomic mass is 10.2. The molecule has 18 heteroatoms. The molecule has 2 aromatic rings. The van der Waals surface area contributed by atoms with Crippen LogP contribution in [0.2, 0.25) is 0 Å². The van der Waals surface area contributed by atoms with Crippen LogP contribution in [-0.4, -0.2) is 94.7 Å². The Kier molecular flexibility index (Phi) is 10.6. The molecule has 1 aromatic carbocycles. The van der Waals surface area contributed by atoms with E-state index in [9.17, 15) is 28.6 Å². The Bertz CT molecular complexity index is 1580. The van der Waals surface area contributed by atoms with Crippen LogP contribution in [0.25, 0.3) is 6.08 Å². The van der Waals surface area contributed by atoms with Gasteiger partial charge in [-0.15, -0.1) is 0 Å². The van der Waals surface area contributed by atoms with Crippen molar-refractivity contribution in [2.45, 2.75) is 44.2 Å². The lowest BCUT2D eigenvalue weighted by molar-refractivity contribution is -0.141. The van der Waals surface area contributed by atoms with Gasteiger partial charge in [-0.1, -0.05) is 24.3 Å². The van der Waals surface area contributed by atoms with E-state index in [1.54, 1.807) is 52.7 Å². The van der Waals surface area contributed by atoms with Gasteiger partial charge in [-0.2, -0.15) is 0 Å². The van der Waals surface area contributed by atoms with E-state index < -0.39 is 63.7 Å². The summed E-state index contributed by atoms with van der Waals surface area (Å²) in [4.78, 5) is 39.1. The van der Waals surface area contributed by atoms with Gasteiger partial charge in [0.2, 0.25) is 0 Å². The Morgan fingerprint density at radius 2 is 1.84 bits per heavy atom. The zero-order valence-electron chi connectivity index (χ0n) is 24.9. The molecule has 4 heterocycles. The second kappa shape index (κ2) is 14.2. The van der Waals surface area contributed by atoms with E-state index >= 15 is 0 Å². The number of benzene rings is 1. The van der Waals surface area contributed by atoms with E-state index in [0.29, 0.717) is 26.2 Å². The lowest BCUT2D eigenvalue weighted by Crippen LogP contribution is -2.34. The number of H-pyrrole nitrogens is 1. The Labute approximate surface area is 259 Å². The molecular formula is C27H37N5O11P2. The highest BCUT2D eigenvalue weighted by molar-refractivity contribution is 7.54. The van der Waals surface area contributed by atoms with E-state index in [0.717, 1.165) is 4.57 Å². The molecule has 246 valence electrons. The first kappa shape index (κ1) is 33.5. The first-order valence-corrected chi connectivity index (χ1v) is 17.5. The number of hydrogen-bond acceptors (Lipinski definition) is 11. The van der Waals surface area contributed by atoms with Gasteiger partial charge < -0.3 is 23.6 Å². The summed E-state index contributed by atoms with van der Waals surface area (Å²) in [6, 6.07) is 7.62. The Balaban J connectivity index is 1.23. The first-order valence-electron chi connectivity index (χ1n) is 14.4. The molecule has 3 N–H and O–H groups in total. The molecular weight excluding hydrogens is 632 g/mol. The molecule has 5 rings (SSSR count). The number of carbonyl (C=O) groups is 1. The molecule has 45 heavy (non-hydrogen) atoms. The Morgan fingerprint density at radius 3 is 2.49 bits per heavy atom. The predicted octanol–water partition coefficient (Wildman–Crippen LogP) is 1.70. The van der Waals surface area contributed by atoms with Crippen molar-refractivity contribution < 1.29 is 42.1 Å². The van der Waals surface area contributed by atoms with Crippen molar-refractivity contribution in [2.75, 3.05) is 46.5 Å². The van der Waals surface area contributed by atoms with Crippen LogP contribution in [0.4, 0.5) is 0 Å². The molecule has 3 unspecified atom stereocenters. The Morgan fingerprint density at radius 1 is 1.16 bits per heavy atom. The minimum absolute atomic E-state index is 0.00170. The minimum atomic E-state index is -4.10. The third-order valence-electron chi connectivity index (χ3n) is 7.16. The molecule has 0 radical (unpaired) electrons. The summed E-state index contributed by atoms with van der Waals surface area (Å²) in [7, 11) is -5.88. The molecule has 0 aliphatic carbocycles. The summed E-state index contributed by atoms with van der Waals surface area (Å²) in [5.41, 5.74) is -1.28. The van der Waals surface area contributed by atoms with Gasteiger partial charge in [0.15, 0.2) is 0 Å². The smallest absolute Gasteiger partial charge is 0.459 e. The number of aliphatic hydroxyl groups is 1. The van der Waals surface area contributed by atoms with Crippen LogP contribution in [0.5, 0.6) is 5.75 Å². The van der Waals surface area contributed by atoms with E-state index in [1.165, 1.54) is 19.4 Å². The molecule has 5 atom stereocenters. The maximum Gasteiger partial charge on any atom is 0.459 e. The van der Waals surface area contributed by atoms with Gasteiger partial charge in [-0.3, -0.25) is 28.2 Å². The van der Waals surface area contributed by atoms with Crippen LogP contribution in [0.3, 0.4) is 0 Å². The van der Waals surface area contributed by atoms with Gasteiger partial charge in [0.05, 0.1) is 38.4 Å². The standard InChI is InChI=1S/C27H37N5O11P2/c1-19(15-25(34)39-2)29-44(37,43-21-8-4-3-5-9-21)41-18-23-22(33)16-24(42-23)32-17-20(26(35)28-27(32)36)7-6-14-40-45(38,30-10-11-30)31-12-13-31/h3-9,17,19,22-24,33H,10-16,18H2,1-2H3,(H,29,37)(H,28,35,36)/b7-6+/t19-,22-,23?,24?,44?/m0/s1. The minimum Gasteiger partial charge on any atom is -0.469 e. The number of methoxy groups -OCH3 is 1. The number of ether oxygens (including phenoxy) is 2. The number of nitrogens with zero attached hydrogens (tertiary/aromatic N) is 3. The van der Waals surface area contributed by atoms with Crippen molar-refractivity contribution >= 4 is 27.5 Å². The highest BCUT2D eigenvalue weighted by atomic mass is 31.2. The average molecular weight is 670 g/mol. The van der Waals surface area contributed by atoms with Gasteiger partial charge in [0.1, 0.15) is 18.1 Å². The normalized spacial score (nSPS) is 23.9. The zero-order chi connectivity index (χ0) is 32.2. The van der Waals surface area contributed by atoms with Crippen LogP contribution < -0.4 is 20.9 Å². The van der Waals surface area contributed by atoms with Crippen LogP contribution in [0, 0.1) is 0 Å². The fourth-order valence-corrected chi connectivity index (χ4v) is 8.36. The summed E-state index contributed by atoms with van der Waals surface area (Å²) in [5.74, 6) is -0.285. The van der Waals surface area contributed by atoms with Gasteiger partial charge in [-0.25, -0.2) is 23.8 Å². The van der Waals surface area contributed by atoms with Crippen LogP contribution >= 0.6 is 15.4 Å². The number of esters is 1. The van der Waals surface area contributed by atoms with Crippen molar-refractivity contribution in [3.63, 3.8) is 0 Å². The van der Waals surface area contributed by atoms with Crippen LogP contribution in [0.1, 0.15) is 31.6 Å². The number of para-hydroxylation sites is 1. The molecule has 16 nitrogen and oxygen atoms in total. The first-order chi connectivity index (χ1) is 21.5. The molecule has 3 saturated heterocycles. The topological polar surface area (TPSA) is 190 Å². The third-order valence-corrected chi connectivity index (χ3v) is 11.6. The van der Waals surface area contributed by atoms with Gasteiger partial charge in [0.25, 0.3) is 5.56 Å². The maximum absolute atomic E-state index is 13.7. The molecule has 0 amide bonds. The van der Waals surface area contributed by atoms with Crippen molar-refractivity contribution in [3.05, 3.63) is 69.0 Å². The van der Waals surface area contributed by atoms with E-state index in [2.05, 4.69) is 14.8 Å². The van der Waals surface area contributed by atoms with Gasteiger partial charge >= 0.3 is 27.1 Å². The van der Waals surface area contributed by atoms with Gasteiger partial charge in [0, 0.05) is 44.8 Å². The number of rotatable bonds is 16. The molecule has 0 saturated carbocycles. The second-order valence-electron chi connectivity index (χ2n) is 10.8. The van der Waals surface area contributed by atoms with Crippen molar-refractivity contribution in [3.8, 4) is 5.75 Å². The molecule has 0 bridgehead atoms. The summed E-state index contributed by atoms with van der Waals surface area (Å²) in [6.45, 7) is 4.06. The predicted molar refractivity (Wildman–Crippen MR) is 161 cm³/mol. The monoisotopic (exact) mass is 669 g/mol. The van der Waals surface area contributed by atoms with Crippen LogP contribution in [0.15, 0.2) is 52.2 Å². The molecule has 1 aromatic heterocycles. The molecule has 3 aliphatic heterocycles. The largest absolute Gasteiger partial charge is 0.469 e. The summed E-state index contributed by atoms with van der Waals surface area (Å²) >= 11 is 0. The molecule has 3 fully saturated rings. The van der Waals surface area contributed by atoms with Crippen molar-refractivity contribution in [1.29, 1.82) is 0 Å². The van der Waals surface area contributed by atoms with E-state index in [4.69, 9.17) is 18.3 Å². The number of aliphatic hydroxyl groups excluding tert-OH is 1. The SMILES string of the molecule is COC(=O)C[C@H](C)NP(=O)(OCC1OC(n2cc(/C=C/COP(=O)(N3CC3)N3CC3)c(=O)[nH]c2=O)C[C@@H]1O)Oc1ccccc1. The van der Waals surface area contributed by atoms with E-state index in [1.807, 2.05) is 0 Å². The van der Waals surface area contributed by atoms with Crippen molar-refractivity contribution in [2.24, 2.45) is 0 Å². The number of hydrogen-bond donors (Lipinski definition) is 3. The van der Waals surface area contributed by atoms with Crippen LogP contribution in [-0.2, 0) is 32.4 Å². The molecule has 3 aliphatic rings. The van der Waals surface area contributed by atoms with Crippen molar-refractivity contribution in [1.82, 2.24) is 24.0 Å². The summed E-state index contributed by atoms with van der Waals surface area (Å²) < 4.78 is 59.0. The number of nitrogens with one attached hydrogen (secondary N) is 2. The number of carbonyl (C=O) groups excluding carboxylic acids is 1. The zero-order valence-corrected chi connectivity index (χ0v) is 26.6. The average Bonchev–Trinajstić information content (AvgIpc) is 3.92. The van der Waals surface area contributed by atoms with Gasteiger partial charge in [-0.05, 0) is 25.1 Å². The molecule has 0 spiro atoms. The highest BCUT2D eigenvalue weighted by Crippen LogP contribution is 2.60. The summed E-state index contributed by atoms with van der Waals surface area (Å²) in [6.07, 6.45) is 1.03. The highest BCUT2D eigenvalue weighted by Gasteiger charge is 2.49. The fraction of sp³-hybridized carbons (Fsp3) is 0.519. The maximum atomic E-state index is 13.7. The Hall–Kier alpha value is -2.91.